The summed E-state index contributed by atoms with van der Waals surface area (Å²) in [4.78, 5) is 11.7. The van der Waals surface area contributed by atoms with Crippen LogP contribution in [0.3, 0.4) is 0 Å². The molecule has 2 fully saturated rings. The van der Waals surface area contributed by atoms with Gasteiger partial charge in [0.05, 0.1) is 13.0 Å². The van der Waals surface area contributed by atoms with Crippen LogP contribution in [0.5, 0.6) is 0 Å². The first kappa shape index (κ1) is 10.9. The third kappa shape index (κ3) is 1.48. The maximum absolute atomic E-state index is 11.7. The van der Waals surface area contributed by atoms with E-state index in [4.69, 9.17) is 10.5 Å². The lowest BCUT2D eigenvalue weighted by Gasteiger charge is -2.35. The molecule has 0 spiro atoms. The molecule has 0 saturated heterocycles. The molecule has 0 unspecified atom stereocenters. The number of rotatable bonds is 1. The number of hydrogen-bond acceptors (Lipinski definition) is 3. The smallest absolute Gasteiger partial charge is 0.310 e. The lowest BCUT2D eigenvalue weighted by atomic mass is 9.75. The second-order valence-corrected chi connectivity index (χ2v) is 6.06. The fraction of sp³-hybridized carbons (Fsp3) is 0.917. The molecule has 3 heteroatoms. The van der Waals surface area contributed by atoms with Crippen LogP contribution in [0.2, 0.25) is 0 Å². The molecule has 0 heterocycles. The Morgan fingerprint density at radius 1 is 1.33 bits per heavy atom. The first-order valence-corrected chi connectivity index (χ1v) is 5.67. The number of esters is 1. The highest BCUT2D eigenvalue weighted by Crippen LogP contribution is 2.67. The summed E-state index contributed by atoms with van der Waals surface area (Å²) in [6, 6.07) is 0. The van der Waals surface area contributed by atoms with Crippen molar-refractivity contribution in [2.24, 2.45) is 28.9 Å². The summed E-state index contributed by atoms with van der Waals surface area (Å²) in [6.45, 7) is 6.54. The Kier molecular flexibility index (Phi) is 2.16. The van der Waals surface area contributed by atoms with E-state index in [9.17, 15) is 4.79 Å². The van der Waals surface area contributed by atoms with Crippen LogP contribution in [0.25, 0.3) is 0 Å². The molecule has 0 aliphatic heterocycles. The van der Waals surface area contributed by atoms with E-state index >= 15 is 0 Å². The molecule has 2 saturated carbocycles. The van der Waals surface area contributed by atoms with Crippen molar-refractivity contribution in [1.29, 1.82) is 0 Å². The van der Waals surface area contributed by atoms with E-state index in [-0.39, 0.29) is 17.4 Å². The number of methoxy groups -OCH3 is 1. The van der Waals surface area contributed by atoms with Crippen molar-refractivity contribution in [3.63, 3.8) is 0 Å². The second-order valence-electron chi connectivity index (χ2n) is 6.06. The normalized spacial score (nSPS) is 46.9. The van der Waals surface area contributed by atoms with Gasteiger partial charge in [-0.05, 0) is 37.0 Å². The molecular formula is C12H21NO2. The molecule has 3 nitrogen and oxygen atoms in total. The molecule has 2 aliphatic carbocycles. The predicted octanol–water partition coefficient (Wildman–Crippen LogP) is 1.56. The van der Waals surface area contributed by atoms with Crippen molar-refractivity contribution in [2.75, 3.05) is 7.11 Å². The van der Waals surface area contributed by atoms with Gasteiger partial charge in [0.1, 0.15) is 0 Å². The SMILES string of the molecule is COC(=O)[C@@H]1C[C@@H]2[C@H](C[C@]1(C)N)C2(C)C. The van der Waals surface area contributed by atoms with Crippen molar-refractivity contribution in [3.8, 4) is 0 Å². The molecule has 0 aromatic rings. The number of carbonyl (C=O) groups is 1. The topological polar surface area (TPSA) is 52.3 Å². The summed E-state index contributed by atoms with van der Waals surface area (Å²) in [5.41, 5.74) is 6.23. The van der Waals surface area contributed by atoms with Gasteiger partial charge < -0.3 is 10.5 Å². The van der Waals surface area contributed by atoms with Gasteiger partial charge in [0.15, 0.2) is 0 Å². The van der Waals surface area contributed by atoms with E-state index in [1.807, 2.05) is 6.92 Å². The average molecular weight is 211 g/mol. The van der Waals surface area contributed by atoms with Crippen LogP contribution in [-0.2, 0) is 9.53 Å². The summed E-state index contributed by atoms with van der Waals surface area (Å²) < 4.78 is 4.84. The van der Waals surface area contributed by atoms with E-state index in [1.54, 1.807) is 0 Å². The zero-order valence-electron chi connectivity index (χ0n) is 10.0. The number of ether oxygens (including phenoxy) is 1. The van der Waals surface area contributed by atoms with Gasteiger partial charge >= 0.3 is 5.97 Å². The highest BCUT2D eigenvalue weighted by atomic mass is 16.5. The van der Waals surface area contributed by atoms with E-state index in [2.05, 4.69) is 13.8 Å². The van der Waals surface area contributed by atoms with E-state index in [1.165, 1.54) is 7.11 Å². The van der Waals surface area contributed by atoms with Crippen molar-refractivity contribution in [3.05, 3.63) is 0 Å². The molecule has 0 aromatic carbocycles. The molecule has 2 aliphatic rings. The van der Waals surface area contributed by atoms with Crippen molar-refractivity contribution in [1.82, 2.24) is 0 Å². The Bertz CT molecular complexity index is 296. The highest BCUT2D eigenvalue weighted by molar-refractivity contribution is 5.74. The predicted molar refractivity (Wildman–Crippen MR) is 58.1 cm³/mol. The van der Waals surface area contributed by atoms with Gasteiger partial charge in [0, 0.05) is 5.54 Å². The minimum atomic E-state index is -0.387. The standard InChI is InChI=1S/C12H21NO2/c1-11(2)7-5-8(10(14)15-4)12(3,13)6-9(7)11/h7-9H,5-6,13H2,1-4H3/t7-,8+,9+,12+/m1/s1. The fourth-order valence-electron chi connectivity index (χ4n) is 3.38. The van der Waals surface area contributed by atoms with Crippen LogP contribution < -0.4 is 5.73 Å². The Hall–Kier alpha value is -0.570. The first-order chi connectivity index (χ1) is 6.80. The summed E-state index contributed by atoms with van der Waals surface area (Å²) in [6.07, 6.45) is 1.85. The summed E-state index contributed by atoms with van der Waals surface area (Å²) in [7, 11) is 1.45. The second kappa shape index (κ2) is 2.97. The molecule has 15 heavy (non-hydrogen) atoms. The van der Waals surface area contributed by atoms with Gasteiger partial charge in [-0.25, -0.2) is 0 Å². The van der Waals surface area contributed by atoms with Gasteiger partial charge in [-0.3, -0.25) is 4.79 Å². The van der Waals surface area contributed by atoms with E-state index < -0.39 is 0 Å². The lowest BCUT2D eigenvalue weighted by Crippen LogP contribution is -2.50. The fourth-order valence-corrected chi connectivity index (χ4v) is 3.38. The Balaban J connectivity index is 2.17. The number of nitrogens with two attached hydrogens (primary N) is 1. The van der Waals surface area contributed by atoms with Gasteiger partial charge in [-0.2, -0.15) is 0 Å². The molecule has 4 atom stereocenters. The van der Waals surface area contributed by atoms with Gasteiger partial charge in [0.25, 0.3) is 0 Å². The van der Waals surface area contributed by atoms with Crippen LogP contribution in [0.1, 0.15) is 33.6 Å². The lowest BCUT2D eigenvalue weighted by molar-refractivity contribution is -0.149. The first-order valence-electron chi connectivity index (χ1n) is 5.67. The van der Waals surface area contributed by atoms with E-state index in [0.717, 1.165) is 12.8 Å². The Morgan fingerprint density at radius 2 is 1.93 bits per heavy atom. The third-order valence-electron chi connectivity index (χ3n) is 4.72. The molecule has 86 valence electrons. The average Bonchev–Trinajstić information content (AvgIpc) is 2.63. The quantitative estimate of drug-likeness (QED) is 0.670. The van der Waals surface area contributed by atoms with Crippen LogP contribution in [-0.4, -0.2) is 18.6 Å². The van der Waals surface area contributed by atoms with Crippen LogP contribution in [0.15, 0.2) is 0 Å². The molecule has 0 aromatic heterocycles. The molecule has 0 amide bonds. The van der Waals surface area contributed by atoms with Crippen molar-refractivity contribution < 1.29 is 9.53 Å². The number of fused-ring (bicyclic) bond motifs is 1. The molecule has 2 rings (SSSR count). The molecular weight excluding hydrogens is 190 g/mol. The van der Waals surface area contributed by atoms with Gasteiger partial charge in [-0.15, -0.1) is 0 Å². The molecule has 0 radical (unpaired) electrons. The van der Waals surface area contributed by atoms with Crippen LogP contribution in [0.4, 0.5) is 0 Å². The molecule has 2 N–H and O–H groups in total. The zero-order chi connectivity index (χ0) is 11.4. The monoisotopic (exact) mass is 211 g/mol. The number of hydrogen-bond donors (Lipinski definition) is 1. The summed E-state index contributed by atoms with van der Waals surface area (Å²) in [5.74, 6) is 1.11. The van der Waals surface area contributed by atoms with Crippen molar-refractivity contribution >= 4 is 5.97 Å². The number of carbonyl (C=O) groups excluding carboxylic acids is 1. The largest absolute Gasteiger partial charge is 0.469 e. The van der Waals surface area contributed by atoms with Gasteiger partial charge in [-0.1, -0.05) is 13.8 Å². The minimum absolute atomic E-state index is 0.120. The summed E-state index contributed by atoms with van der Waals surface area (Å²) in [5, 5.41) is 0. The van der Waals surface area contributed by atoms with Crippen LogP contribution >= 0.6 is 0 Å². The summed E-state index contributed by atoms with van der Waals surface area (Å²) >= 11 is 0. The maximum atomic E-state index is 11.7. The van der Waals surface area contributed by atoms with E-state index in [0.29, 0.717) is 17.3 Å². The van der Waals surface area contributed by atoms with Crippen LogP contribution in [0, 0.1) is 23.2 Å². The van der Waals surface area contributed by atoms with Crippen molar-refractivity contribution in [2.45, 2.75) is 39.2 Å². The maximum Gasteiger partial charge on any atom is 0.310 e. The Morgan fingerprint density at radius 3 is 2.47 bits per heavy atom. The Labute approximate surface area is 91.4 Å². The molecule has 0 bridgehead atoms. The highest BCUT2D eigenvalue weighted by Gasteiger charge is 2.64. The van der Waals surface area contributed by atoms with Gasteiger partial charge in [0.2, 0.25) is 0 Å². The third-order valence-corrected chi connectivity index (χ3v) is 4.72. The minimum Gasteiger partial charge on any atom is -0.469 e. The zero-order valence-corrected chi connectivity index (χ0v) is 10.0.